The highest BCUT2D eigenvalue weighted by Crippen LogP contribution is 2.28. The molecule has 1 fully saturated rings. The van der Waals surface area contributed by atoms with Crippen LogP contribution in [0.2, 0.25) is 0 Å². The number of rotatable bonds is 4. The fourth-order valence-corrected chi connectivity index (χ4v) is 3.17. The highest BCUT2D eigenvalue weighted by Gasteiger charge is 2.32. The third-order valence-corrected chi connectivity index (χ3v) is 4.42. The van der Waals surface area contributed by atoms with Crippen LogP contribution in [0.25, 0.3) is 0 Å². The number of hydrogen-bond acceptors (Lipinski definition) is 4. The van der Waals surface area contributed by atoms with Crippen molar-refractivity contribution in [3.05, 3.63) is 35.9 Å². The summed E-state index contributed by atoms with van der Waals surface area (Å²) < 4.78 is 11.3. The lowest BCUT2D eigenvalue weighted by Gasteiger charge is -2.30. The topological polar surface area (TPSA) is 61.5 Å². The van der Waals surface area contributed by atoms with Crippen molar-refractivity contribution in [2.45, 2.75) is 45.3 Å². The Labute approximate surface area is 133 Å². The molecule has 2 rings (SSSR count). The molecule has 2 N–H and O–H groups in total. The average Bonchev–Trinajstić information content (AvgIpc) is 2.55. The minimum absolute atomic E-state index is 0.156. The third kappa shape index (κ3) is 4.55. The van der Waals surface area contributed by atoms with E-state index in [0.29, 0.717) is 12.5 Å². The van der Waals surface area contributed by atoms with Crippen molar-refractivity contribution >= 4 is 5.97 Å². The van der Waals surface area contributed by atoms with Crippen LogP contribution < -0.4 is 5.73 Å². The molecule has 4 nitrogen and oxygen atoms in total. The molecule has 1 heterocycles. The van der Waals surface area contributed by atoms with E-state index in [0.717, 1.165) is 19.3 Å². The van der Waals surface area contributed by atoms with Gasteiger partial charge >= 0.3 is 5.97 Å². The largest absolute Gasteiger partial charge is 0.461 e. The van der Waals surface area contributed by atoms with Gasteiger partial charge in [0.1, 0.15) is 12.1 Å². The van der Waals surface area contributed by atoms with Crippen molar-refractivity contribution in [1.82, 2.24) is 0 Å². The molecular weight excluding hydrogens is 278 g/mol. The van der Waals surface area contributed by atoms with Gasteiger partial charge in [-0.25, -0.2) is 0 Å². The maximum Gasteiger partial charge on any atom is 0.325 e. The normalized spacial score (nSPS) is 30.0. The Hall–Kier alpha value is -1.39. The molecular formula is C18H27NO3. The van der Waals surface area contributed by atoms with Gasteiger partial charge in [0, 0.05) is 12.5 Å². The molecule has 0 amide bonds. The van der Waals surface area contributed by atoms with Crippen LogP contribution in [0, 0.1) is 11.8 Å². The van der Waals surface area contributed by atoms with Crippen LogP contribution in [0.1, 0.15) is 32.3 Å². The predicted octanol–water partition coefficient (Wildman–Crippen LogP) is 2.55. The lowest BCUT2D eigenvalue weighted by atomic mass is 9.81. The molecule has 1 aliphatic rings. The van der Waals surface area contributed by atoms with E-state index >= 15 is 0 Å². The minimum Gasteiger partial charge on any atom is -0.461 e. The van der Waals surface area contributed by atoms with Gasteiger partial charge in [-0.2, -0.15) is 0 Å². The average molecular weight is 305 g/mol. The number of esters is 1. The highest BCUT2D eigenvalue weighted by molar-refractivity contribution is 5.75. The summed E-state index contributed by atoms with van der Waals surface area (Å²) in [5, 5.41) is 0. The van der Waals surface area contributed by atoms with E-state index < -0.39 is 6.04 Å². The van der Waals surface area contributed by atoms with Crippen LogP contribution in [0.15, 0.2) is 30.3 Å². The number of nitrogens with two attached hydrogens (primary N) is 1. The number of benzene rings is 1. The Morgan fingerprint density at radius 3 is 2.64 bits per heavy atom. The lowest BCUT2D eigenvalue weighted by Crippen LogP contribution is -2.39. The summed E-state index contributed by atoms with van der Waals surface area (Å²) in [6.07, 6.45) is 2.89. The molecule has 0 aliphatic carbocycles. The standard InChI is InChI=1S/C18H27NO3/c1-3-7-15-11-21-12-17(19)18(20)22-13(2)16(15)10-14-8-5-4-6-9-14/h4-6,8-9,13,15-17H,3,7,10-12,19H2,1-2H3/t13-,15-,16-,17-/m0/s1. The Kier molecular flexibility index (Phi) is 6.40. The Morgan fingerprint density at radius 2 is 1.95 bits per heavy atom. The maximum atomic E-state index is 12.0. The number of cyclic esters (lactones) is 1. The first-order valence-electron chi connectivity index (χ1n) is 8.19. The molecule has 0 aromatic heterocycles. The molecule has 4 atom stereocenters. The fraction of sp³-hybridized carbons (Fsp3) is 0.611. The molecule has 1 aliphatic heterocycles. The first kappa shape index (κ1) is 17.0. The number of carbonyl (C=O) groups excluding carboxylic acids is 1. The SMILES string of the molecule is CCC[C@H]1COC[C@H](N)C(=O)O[C@@H](C)[C@@H]1Cc1ccccc1. The molecule has 122 valence electrons. The summed E-state index contributed by atoms with van der Waals surface area (Å²) in [6.45, 7) is 5.03. The van der Waals surface area contributed by atoms with Gasteiger partial charge in [0.25, 0.3) is 0 Å². The second-order valence-electron chi connectivity index (χ2n) is 6.19. The molecule has 4 heteroatoms. The molecule has 1 aromatic carbocycles. The smallest absolute Gasteiger partial charge is 0.325 e. The van der Waals surface area contributed by atoms with E-state index in [1.807, 2.05) is 25.1 Å². The van der Waals surface area contributed by atoms with Crippen LogP contribution in [0.3, 0.4) is 0 Å². The van der Waals surface area contributed by atoms with Crippen LogP contribution in [0.4, 0.5) is 0 Å². The lowest BCUT2D eigenvalue weighted by molar-refractivity contribution is -0.153. The van der Waals surface area contributed by atoms with Crippen molar-refractivity contribution in [1.29, 1.82) is 0 Å². The van der Waals surface area contributed by atoms with Crippen molar-refractivity contribution in [3.8, 4) is 0 Å². The van der Waals surface area contributed by atoms with Crippen molar-refractivity contribution < 1.29 is 14.3 Å². The Balaban J connectivity index is 2.18. The second kappa shape index (κ2) is 8.30. The molecule has 0 radical (unpaired) electrons. The second-order valence-corrected chi connectivity index (χ2v) is 6.19. The predicted molar refractivity (Wildman–Crippen MR) is 86.4 cm³/mol. The molecule has 0 unspecified atom stereocenters. The van der Waals surface area contributed by atoms with E-state index in [1.165, 1.54) is 5.56 Å². The van der Waals surface area contributed by atoms with Crippen molar-refractivity contribution in [2.24, 2.45) is 17.6 Å². The Bertz CT molecular complexity index is 463. The van der Waals surface area contributed by atoms with Crippen LogP contribution >= 0.6 is 0 Å². The van der Waals surface area contributed by atoms with Crippen LogP contribution in [-0.2, 0) is 20.7 Å². The third-order valence-electron chi connectivity index (χ3n) is 4.42. The van der Waals surface area contributed by atoms with Gasteiger partial charge in [-0.3, -0.25) is 4.79 Å². The Morgan fingerprint density at radius 1 is 1.23 bits per heavy atom. The molecule has 0 bridgehead atoms. The zero-order valence-electron chi connectivity index (χ0n) is 13.5. The monoisotopic (exact) mass is 305 g/mol. The van der Waals surface area contributed by atoms with E-state index in [1.54, 1.807) is 0 Å². The molecule has 0 spiro atoms. The zero-order valence-corrected chi connectivity index (χ0v) is 13.5. The first-order valence-corrected chi connectivity index (χ1v) is 8.19. The van der Waals surface area contributed by atoms with Crippen molar-refractivity contribution in [3.63, 3.8) is 0 Å². The maximum absolute atomic E-state index is 12.0. The van der Waals surface area contributed by atoms with Gasteiger partial charge in [-0.1, -0.05) is 43.7 Å². The summed E-state index contributed by atoms with van der Waals surface area (Å²) in [5.41, 5.74) is 7.06. The van der Waals surface area contributed by atoms with Gasteiger partial charge in [0.15, 0.2) is 0 Å². The van der Waals surface area contributed by atoms with E-state index in [-0.39, 0.29) is 24.6 Å². The van der Waals surface area contributed by atoms with Gasteiger partial charge in [-0.05, 0) is 31.2 Å². The number of carbonyl (C=O) groups is 1. The zero-order chi connectivity index (χ0) is 15.9. The van der Waals surface area contributed by atoms with E-state index in [9.17, 15) is 4.79 Å². The first-order chi connectivity index (χ1) is 10.6. The fourth-order valence-electron chi connectivity index (χ4n) is 3.17. The summed E-state index contributed by atoms with van der Waals surface area (Å²) in [4.78, 5) is 12.0. The van der Waals surface area contributed by atoms with Gasteiger partial charge in [0.2, 0.25) is 0 Å². The quantitative estimate of drug-likeness (QED) is 0.868. The summed E-state index contributed by atoms with van der Waals surface area (Å²) in [5.74, 6) is 0.262. The van der Waals surface area contributed by atoms with E-state index in [4.69, 9.17) is 15.2 Å². The van der Waals surface area contributed by atoms with Gasteiger partial charge in [0.05, 0.1) is 6.61 Å². The molecule has 1 aromatic rings. The summed E-state index contributed by atoms with van der Waals surface area (Å²) >= 11 is 0. The highest BCUT2D eigenvalue weighted by atomic mass is 16.5. The van der Waals surface area contributed by atoms with Gasteiger partial charge in [-0.15, -0.1) is 0 Å². The number of ether oxygens (including phenoxy) is 2. The molecule has 22 heavy (non-hydrogen) atoms. The molecule has 0 saturated carbocycles. The summed E-state index contributed by atoms with van der Waals surface area (Å²) in [6, 6.07) is 9.67. The van der Waals surface area contributed by atoms with E-state index in [2.05, 4.69) is 19.1 Å². The molecule has 1 saturated heterocycles. The van der Waals surface area contributed by atoms with Crippen LogP contribution in [0.5, 0.6) is 0 Å². The van der Waals surface area contributed by atoms with Gasteiger partial charge < -0.3 is 15.2 Å². The summed E-state index contributed by atoms with van der Waals surface area (Å²) in [7, 11) is 0. The van der Waals surface area contributed by atoms with Crippen molar-refractivity contribution in [2.75, 3.05) is 13.2 Å². The minimum atomic E-state index is -0.680. The number of hydrogen-bond donors (Lipinski definition) is 1. The van der Waals surface area contributed by atoms with Crippen LogP contribution in [-0.4, -0.2) is 31.3 Å².